The molecule has 0 aliphatic heterocycles. The van der Waals surface area contributed by atoms with Gasteiger partial charge in [-0.2, -0.15) is 0 Å². The second kappa shape index (κ2) is 6.43. The zero-order valence-corrected chi connectivity index (χ0v) is 11.4. The van der Waals surface area contributed by atoms with Crippen LogP contribution in [0.2, 0.25) is 0 Å². The van der Waals surface area contributed by atoms with Crippen LogP contribution in [0.25, 0.3) is 11.3 Å². The van der Waals surface area contributed by atoms with Crippen LogP contribution in [0.3, 0.4) is 0 Å². The van der Waals surface area contributed by atoms with Gasteiger partial charge in [-0.3, -0.25) is 4.79 Å². The fourth-order valence-electron chi connectivity index (χ4n) is 1.65. The minimum Gasteiger partial charge on any atom is -0.480 e. The van der Waals surface area contributed by atoms with Crippen molar-refractivity contribution in [3.05, 3.63) is 42.4 Å². The van der Waals surface area contributed by atoms with E-state index in [-0.39, 0.29) is 0 Å². The zero-order chi connectivity index (χ0) is 13.7. The molecule has 0 aliphatic rings. The Bertz CT molecular complexity index is 539. The topological polar surface area (TPSA) is 63.3 Å². The third-order valence-electron chi connectivity index (χ3n) is 2.67. The number of rotatable bonds is 6. The number of carbonyl (C=O) groups is 1. The number of hydrogen-bond donors (Lipinski definition) is 1. The number of carboxylic acid groups (broad SMARTS) is 1. The normalized spacial score (nSPS) is 12.3. The monoisotopic (exact) mass is 277 g/mol. The van der Waals surface area contributed by atoms with E-state index >= 15 is 0 Å². The maximum Gasteiger partial charge on any atom is 0.316 e. The third kappa shape index (κ3) is 3.61. The fraction of sp³-hybridized carbons (Fsp3) is 0.286. The minimum atomic E-state index is -0.790. The summed E-state index contributed by atoms with van der Waals surface area (Å²) in [5.74, 6) is 0.947. The molecular formula is C14H15NO3S. The molecule has 1 aromatic carbocycles. The Morgan fingerprint density at radius 1 is 1.42 bits per heavy atom. The molecule has 0 saturated heterocycles. The first-order chi connectivity index (χ1) is 9.20. The van der Waals surface area contributed by atoms with E-state index in [0.717, 1.165) is 5.56 Å². The van der Waals surface area contributed by atoms with Crippen molar-refractivity contribution in [1.29, 1.82) is 0 Å². The molecule has 1 atom stereocenters. The number of aliphatic carboxylic acids is 1. The molecule has 0 saturated carbocycles. The van der Waals surface area contributed by atoms with E-state index in [1.54, 1.807) is 6.20 Å². The van der Waals surface area contributed by atoms with Gasteiger partial charge in [-0.25, -0.2) is 4.98 Å². The molecule has 0 amide bonds. The number of benzene rings is 1. The highest BCUT2D eigenvalue weighted by atomic mass is 32.2. The molecule has 0 aliphatic carbocycles. The van der Waals surface area contributed by atoms with Crippen LogP contribution in [0.1, 0.15) is 19.2 Å². The van der Waals surface area contributed by atoms with Crippen LogP contribution in [0, 0.1) is 0 Å². The maximum absolute atomic E-state index is 10.9. The predicted octanol–water partition coefficient (Wildman–Crippen LogP) is 3.44. The summed E-state index contributed by atoms with van der Waals surface area (Å²) >= 11 is 1.34. The average Bonchev–Trinajstić information content (AvgIpc) is 2.89. The summed E-state index contributed by atoms with van der Waals surface area (Å²) in [5.41, 5.74) is 0.969. The van der Waals surface area contributed by atoms with Crippen molar-refractivity contribution in [1.82, 2.24) is 4.98 Å². The largest absolute Gasteiger partial charge is 0.480 e. The van der Waals surface area contributed by atoms with E-state index < -0.39 is 11.2 Å². The smallest absolute Gasteiger partial charge is 0.316 e. The number of aromatic nitrogens is 1. The third-order valence-corrected chi connectivity index (χ3v) is 4.02. The predicted molar refractivity (Wildman–Crippen MR) is 74.9 cm³/mol. The second-order valence-electron chi connectivity index (χ2n) is 4.03. The summed E-state index contributed by atoms with van der Waals surface area (Å²) < 4.78 is 5.62. The molecule has 1 heterocycles. The SMILES string of the molecule is CCC(SCc1ncc(-c2ccccc2)o1)C(=O)O. The summed E-state index contributed by atoms with van der Waals surface area (Å²) in [4.78, 5) is 15.1. The maximum atomic E-state index is 10.9. The van der Waals surface area contributed by atoms with Crippen LogP contribution in [0.5, 0.6) is 0 Å². The van der Waals surface area contributed by atoms with E-state index in [0.29, 0.717) is 23.8 Å². The van der Waals surface area contributed by atoms with E-state index in [1.807, 2.05) is 37.3 Å². The number of nitrogens with zero attached hydrogens (tertiary/aromatic N) is 1. The second-order valence-corrected chi connectivity index (χ2v) is 5.22. The van der Waals surface area contributed by atoms with Gasteiger partial charge in [0.25, 0.3) is 0 Å². The van der Waals surface area contributed by atoms with E-state index in [9.17, 15) is 4.79 Å². The first-order valence-corrected chi connectivity index (χ1v) is 7.10. The van der Waals surface area contributed by atoms with Gasteiger partial charge < -0.3 is 9.52 Å². The first kappa shape index (κ1) is 13.7. The highest BCUT2D eigenvalue weighted by Gasteiger charge is 2.16. The molecule has 2 aromatic rings. The van der Waals surface area contributed by atoms with Crippen LogP contribution in [-0.4, -0.2) is 21.3 Å². The van der Waals surface area contributed by atoms with Crippen LogP contribution >= 0.6 is 11.8 Å². The molecule has 4 nitrogen and oxygen atoms in total. The Kier molecular flexibility index (Phi) is 4.63. The average molecular weight is 277 g/mol. The molecule has 100 valence electrons. The van der Waals surface area contributed by atoms with Gasteiger partial charge in [0.05, 0.1) is 11.9 Å². The van der Waals surface area contributed by atoms with Gasteiger partial charge in [-0.1, -0.05) is 37.3 Å². The van der Waals surface area contributed by atoms with Crippen molar-refractivity contribution in [2.75, 3.05) is 0 Å². The summed E-state index contributed by atoms with van der Waals surface area (Å²) in [6, 6.07) is 9.70. The Morgan fingerprint density at radius 3 is 2.79 bits per heavy atom. The Labute approximate surface area is 115 Å². The fourth-order valence-corrected chi connectivity index (χ4v) is 2.50. The highest BCUT2D eigenvalue weighted by Crippen LogP contribution is 2.24. The first-order valence-electron chi connectivity index (χ1n) is 6.05. The Morgan fingerprint density at radius 2 is 2.16 bits per heavy atom. The molecule has 1 unspecified atom stereocenters. The molecule has 0 bridgehead atoms. The van der Waals surface area contributed by atoms with E-state index in [2.05, 4.69) is 4.98 Å². The summed E-state index contributed by atoms with van der Waals surface area (Å²) in [6.45, 7) is 1.86. The number of thioether (sulfide) groups is 1. The highest BCUT2D eigenvalue weighted by molar-refractivity contribution is 7.99. The molecule has 0 spiro atoms. The lowest BCUT2D eigenvalue weighted by Gasteiger charge is -2.06. The van der Waals surface area contributed by atoms with Gasteiger partial charge in [0.15, 0.2) is 5.76 Å². The quantitative estimate of drug-likeness (QED) is 0.876. The molecule has 0 radical (unpaired) electrons. The summed E-state index contributed by atoms with van der Waals surface area (Å²) in [6.07, 6.45) is 2.26. The van der Waals surface area contributed by atoms with E-state index in [4.69, 9.17) is 9.52 Å². The molecular weight excluding hydrogens is 262 g/mol. The number of oxazole rings is 1. The van der Waals surface area contributed by atoms with Crippen molar-refractivity contribution in [3.63, 3.8) is 0 Å². The lowest BCUT2D eigenvalue weighted by Crippen LogP contribution is -2.15. The molecule has 5 heteroatoms. The van der Waals surface area contributed by atoms with Gasteiger partial charge >= 0.3 is 5.97 Å². The van der Waals surface area contributed by atoms with Crippen LogP contribution in [0.4, 0.5) is 0 Å². The molecule has 1 aromatic heterocycles. The lowest BCUT2D eigenvalue weighted by atomic mass is 10.2. The van der Waals surface area contributed by atoms with Crippen molar-refractivity contribution < 1.29 is 14.3 Å². The van der Waals surface area contributed by atoms with Crippen molar-refractivity contribution in [3.8, 4) is 11.3 Å². The van der Waals surface area contributed by atoms with Gasteiger partial charge in [0, 0.05) is 5.56 Å². The van der Waals surface area contributed by atoms with Crippen molar-refractivity contribution >= 4 is 17.7 Å². The summed E-state index contributed by atoms with van der Waals surface area (Å²) in [7, 11) is 0. The lowest BCUT2D eigenvalue weighted by molar-refractivity contribution is -0.136. The Balaban J connectivity index is 2.00. The van der Waals surface area contributed by atoms with Gasteiger partial charge in [-0.05, 0) is 6.42 Å². The van der Waals surface area contributed by atoms with Crippen LogP contribution in [-0.2, 0) is 10.5 Å². The van der Waals surface area contributed by atoms with Gasteiger partial charge in [0.2, 0.25) is 5.89 Å². The molecule has 1 N–H and O–H groups in total. The zero-order valence-electron chi connectivity index (χ0n) is 10.6. The van der Waals surface area contributed by atoms with E-state index in [1.165, 1.54) is 11.8 Å². The van der Waals surface area contributed by atoms with Crippen molar-refractivity contribution in [2.24, 2.45) is 0 Å². The van der Waals surface area contributed by atoms with Crippen molar-refractivity contribution in [2.45, 2.75) is 24.3 Å². The van der Waals surface area contributed by atoms with Crippen LogP contribution in [0.15, 0.2) is 40.9 Å². The molecule has 2 rings (SSSR count). The summed E-state index contributed by atoms with van der Waals surface area (Å²) in [5, 5.41) is 8.55. The Hall–Kier alpha value is -1.75. The van der Waals surface area contributed by atoms with Crippen LogP contribution < -0.4 is 0 Å². The molecule has 0 fully saturated rings. The van der Waals surface area contributed by atoms with Gasteiger partial charge in [0.1, 0.15) is 5.25 Å². The standard InChI is InChI=1S/C14H15NO3S/c1-2-12(14(16)17)19-9-13-15-8-11(18-13)10-6-4-3-5-7-10/h3-8,12H,2,9H2,1H3,(H,16,17). The van der Waals surface area contributed by atoms with Gasteiger partial charge in [-0.15, -0.1) is 11.8 Å². The molecule has 19 heavy (non-hydrogen) atoms. The number of carboxylic acids is 1. The number of hydrogen-bond acceptors (Lipinski definition) is 4. The minimum absolute atomic E-state index is 0.410.